The van der Waals surface area contributed by atoms with Gasteiger partial charge >= 0.3 is 0 Å². The number of fused-ring (bicyclic) bond motifs is 1. The quantitative estimate of drug-likeness (QED) is 0.394. The number of amides is 1. The zero-order valence-electron chi connectivity index (χ0n) is 18.7. The van der Waals surface area contributed by atoms with Crippen LogP contribution in [0.3, 0.4) is 0 Å². The molecule has 0 spiro atoms. The van der Waals surface area contributed by atoms with Crippen molar-refractivity contribution in [2.45, 2.75) is 20.4 Å². The number of carbonyl (C=O) groups excluding carboxylic acids is 2. The molecule has 4 aromatic rings. The summed E-state index contributed by atoms with van der Waals surface area (Å²) in [5, 5.41) is 3.46. The Balaban J connectivity index is 1.70. The first-order valence-corrected chi connectivity index (χ1v) is 11.1. The van der Waals surface area contributed by atoms with E-state index in [9.17, 15) is 14.4 Å². The summed E-state index contributed by atoms with van der Waals surface area (Å²) in [6.07, 6.45) is 1.39. The number of benzene rings is 2. The van der Waals surface area contributed by atoms with Crippen LogP contribution in [0.1, 0.15) is 28.5 Å². The molecule has 1 N–H and O–H groups in total. The fourth-order valence-electron chi connectivity index (χ4n) is 3.58. The normalized spacial score (nSPS) is 10.8. The third kappa shape index (κ3) is 5.00. The van der Waals surface area contributed by atoms with E-state index >= 15 is 0 Å². The maximum Gasteiger partial charge on any atom is 0.244 e. The van der Waals surface area contributed by atoms with Gasteiger partial charge in [0.05, 0.1) is 17.6 Å². The molecule has 0 bridgehead atoms. The minimum absolute atomic E-state index is 0.0608. The molecule has 2 aromatic carbocycles. The van der Waals surface area contributed by atoms with E-state index in [1.807, 2.05) is 6.92 Å². The zero-order valence-corrected chi connectivity index (χ0v) is 19.4. The predicted octanol–water partition coefficient (Wildman–Crippen LogP) is 4.63. The molecule has 0 atom stereocenters. The molecule has 7 nitrogen and oxygen atoms in total. The van der Waals surface area contributed by atoms with Gasteiger partial charge in [-0.05, 0) is 62.4 Å². The molecule has 4 rings (SSSR count). The van der Waals surface area contributed by atoms with Gasteiger partial charge in [-0.2, -0.15) is 0 Å². The van der Waals surface area contributed by atoms with Gasteiger partial charge in [0.25, 0.3) is 0 Å². The van der Waals surface area contributed by atoms with Gasteiger partial charge in [0.15, 0.2) is 5.78 Å². The van der Waals surface area contributed by atoms with Gasteiger partial charge < -0.3 is 14.6 Å². The Labute approximate surface area is 201 Å². The summed E-state index contributed by atoms with van der Waals surface area (Å²) in [6, 6.07) is 16.7. The van der Waals surface area contributed by atoms with Crippen molar-refractivity contribution in [3.63, 3.8) is 0 Å². The van der Waals surface area contributed by atoms with Gasteiger partial charge in [-0.15, -0.1) is 0 Å². The highest BCUT2D eigenvalue weighted by Gasteiger charge is 2.19. The van der Waals surface area contributed by atoms with Crippen molar-refractivity contribution < 1.29 is 14.3 Å². The van der Waals surface area contributed by atoms with E-state index in [0.29, 0.717) is 34.4 Å². The lowest BCUT2D eigenvalue weighted by molar-refractivity contribution is -0.116. The van der Waals surface area contributed by atoms with Gasteiger partial charge in [-0.3, -0.25) is 14.4 Å². The molecule has 0 fully saturated rings. The standard InChI is InChI=1S/C26H22ClN3O4/c1-3-34-20-10-8-19(9-11-20)29-23(31)15-30-14-22(24(32)17-5-4-6-18(27)13-17)25(33)21-12-7-16(2)28-26(21)30/h4-14H,3,15H2,1-2H3,(H,29,31). The fraction of sp³-hybridized carbons (Fsp3) is 0.154. The van der Waals surface area contributed by atoms with E-state index in [1.165, 1.54) is 16.8 Å². The summed E-state index contributed by atoms with van der Waals surface area (Å²) in [5.74, 6) is -0.107. The van der Waals surface area contributed by atoms with Crippen LogP contribution in [0.25, 0.3) is 11.0 Å². The Hall–Kier alpha value is -3.97. The van der Waals surface area contributed by atoms with Crippen molar-refractivity contribution in [2.75, 3.05) is 11.9 Å². The molecule has 0 aliphatic rings. The molecular weight excluding hydrogens is 454 g/mol. The number of halogens is 1. The minimum atomic E-state index is -0.476. The summed E-state index contributed by atoms with van der Waals surface area (Å²) in [7, 11) is 0. The van der Waals surface area contributed by atoms with Crippen LogP contribution in [0.5, 0.6) is 5.75 Å². The number of anilines is 1. The summed E-state index contributed by atoms with van der Waals surface area (Å²) in [6.45, 7) is 4.09. The highest BCUT2D eigenvalue weighted by Crippen LogP contribution is 2.18. The van der Waals surface area contributed by atoms with Crippen molar-refractivity contribution in [2.24, 2.45) is 0 Å². The van der Waals surface area contributed by atoms with Crippen LogP contribution in [0.2, 0.25) is 5.02 Å². The van der Waals surface area contributed by atoms with Crippen LogP contribution in [-0.2, 0) is 11.3 Å². The number of hydrogen-bond acceptors (Lipinski definition) is 5. The number of hydrogen-bond donors (Lipinski definition) is 1. The molecule has 1 amide bonds. The van der Waals surface area contributed by atoms with Crippen LogP contribution >= 0.6 is 11.6 Å². The molecule has 2 heterocycles. The second kappa shape index (κ2) is 9.89. The number of nitrogens with zero attached hydrogens (tertiary/aromatic N) is 2. The molecule has 0 unspecified atom stereocenters. The van der Waals surface area contributed by atoms with Gasteiger partial charge in [-0.25, -0.2) is 4.98 Å². The van der Waals surface area contributed by atoms with E-state index in [1.54, 1.807) is 61.5 Å². The Bertz CT molecular complexity index is 1450. The average Bonchev–Trinajstić information content (AvgIpc) is 2.82. The lowest BCUT2D eigenvalue weighted by Gasteiger charge is -2.13. The molecule has 34 heavy (non-hydrogen) atoms. The molecule has 0 aliphatic carbocycles. The second-order valence-electron chi connectivity index (χ2n) is 7.67. The van der Waals surface area contributed by atoms with Crippen LogP contribution in [0, 0.1) is 6.92 Å². The Morgan fingerprint density at radius 1 is 1.09 bits per heavy atom. The number of aryl methyl sites for hydroxylation is 1. The largest absolute Gasteiger partial charge is 0.494 e. The van der Waals surface area contributed by atoms with Crippen molar-refractivity contribution in [1.82, 2.24) is 9.55 Å². The van der Waals surface area contributed by atoms with E-state index in [-0.39, 0.29) is 29.0 Å². The minimum Gasteiger partial charge on any atom is -0.494 e. The first-order valence-electron chi connectivity index (χ1n) is 10.7. The predicted molar refractivity (Wildman–Crippen MR) is 132 cm³/mol. The molecule has 172 valence electrons. The van der Waals surface area contributed by atoms with E-state index in [0.717, 1.165) is 0 Å². The van der Waals surface area contributed by atoms with E-state index in [2.05, 4.69) is 10.3 Å². The van der Waals surface area contributed by atoms with Crippen LogP contribution in [0.4, 0.5) is 5.69 Å². The fourth-order valence-corrected chi connectivity index (χ4v) is 3.77. The molecule has 8 heteroatoms. The van der Waals surface area contributed by atoms with Crippen molar-refractivity contribution in [3.8, 4) is 5.75 Å². The van der Waals surface area contributed by atoms with E-state index in [4.69, 9.17) is 16.3 Å². The molecular formula is C26H22ClN3O4. The lowest BCUT2D eigenvalue weighted by atomic mass is 10.0. The highest BCUT2D eigenvalue weighted by molar-refractivity contribution is 6.31. The molecule has 0 saturated carbocycles. The van der Waals surface area contributed by atoms with Crippen molar-refractivity contribution in [1.29, 1.82) is 0 Å². The highest BCUT2D eigenvalue weighted by atomic mass is 35.5. The smallest absolute Gasteiger partial charge is 0.244 e. The van der Waals surface area contributed by atoms with Crippen LogP contribution < -0.4 is 15.5 Å². The maximum atomic E-state index is 13.1. The molecule has 2 aromatic heterocycles. The number of aromatic nitrogens is 2. The molecule has 0 aliphatic heterocycles. The number of ketones is 1. The van der Waals surface area contributed by atoms with Crippen LogP contribution in [0.15, 0.2) is 71.7 Å². The first-order chi connectivity index (χ1) is 16.4. The Morgan fingerprint density at radius 2 is 1.85 bits per heavy atom. The number of nitrogens with one attached hydrogen (secondary N) is 1. The average molecular weight is 476 g/mol. The summed E-state index contributed by atoms with van der Waals surface area (Å²) < 4.78 is 6.94. The van der Waals surface area contributed by atoms with Crippen molar-refractivity contribution >= 4 is 40.0 Å². The third-order valence-electron chi connectivity index (χ3n) is 5.16. The number of carbonyl (C=O) groups is 2. The van der Waals surface area contributed by atoms with Gasteiger partial charge in [-0.1, -0.05) is 23.7 Å². The second-order valence-corrected chi connectivity index (χ2v) is 8.11. The monoisotopic (exact) mass is 475 g/mol. The van der Waals surface area contributed by atoms with E-state index < -0.39 is 11.2 Å². The van der Waals surface area contributed by atoms with Gasteiger partial charge in [0.1, 0.15) is 17.9 Å². The molecule has 0 radical (unpaired) electrons. The topological polar surface area (TPSA) is 90.3 Å². The first kappa shape index (κ1) is 23.2. The number of ether oxygens (including phenoxy) is 1. The Kier molecular flexibility index (Phi) is 6.75. The van der Waals surface area contributed by atoms with Gasteiger partial charge in [0.2, 0.25) is 11.3 Å². The molecule has 0 saturated heterocycles. The summed E-state index contributed by atoms with van der Waals surface area (Å²) in [5.41, 5.74) is 1.38. The summed E-state index contributed by atoms with van der Waals surface area (Å²) >= 11 is 6.03. The number of rotatable bonds is 7. The van der Waals surface area contributed by atoms with Crippen LogP contribution in [-0.4, -0.2) is 27.8 Å². The Morgan fingerprint density at radius 3 is 2.56 bits per heavy atom. The lowest BCUT2D eigenvalue weighted by Crippen LogP contribution is -2.25. The van der Waals surface area contributed by atoms with Crippen molar-refractivity contribution in [3.05, 3.63) is 98.9 Å². The maximum absolute atomic E-state index is 13.1. The number of pyridine rings is 2. The third-order valence-corrected chi connectivity index (χ3v) is 5.39. The van der Waals surface area contributed by atoms with Gasteiger partial charge in [0, 0.05) is 28.2 Å². The summed E-state index contributed by atoms with van der Waals surface area (Å²) in [4.78, 5) is 43.6. The zero-order chi connectivity index (χ0) is 24.2. The SMILES string of the molecule is CCOc1ccc(NC(=O)Cn2cc(C(=O)c3cccc(Cl)c3)c(=O)c3ccc(C)nc32)cc1.